The molecule has 8 heteroatoms. The number of fused-ring (bicyclic) bond motifs is 1. The van der Waals surface area contributed by atoms with E-state index < -0.39 is 0 Å². The van der Waals surface area contributed by atoms with Gasteiger partial charge in [0.2, 0.25) is 5.65 Å². The molecule has 0 spiro atoms. The highest BCUT2D eigenvalue weighted by atomic mass is 35.5. The van der Waals surface area contributed by atoms with Crippen LogP contribution in [-0.4, -0.2) is 30.7 Å². The normalized spacial score (nSPS) is 11.0. The van der Waals surface area contributed by atoms with E-state index in [9.17, 15) is 9.59 Å². The molecule has 4 aromatic rings. The molecule has 6 nitrogen and oxygen atoms in total. The Morgan fingerprint density at radius 1 is 1.00 bits per heavy atom. The van der Waals surface area contributed by atoms with Crippen LogP contribution in [0.4, 0.5) is 0 Å². The smallest absolute Gasteiger partial charge is 0.293 e. The van der Waals surface area contributed by atoms with Gasteiger partial charge in [-0.25, -0.2) is 0 Å². The van der Waals surface area contributed by atoms with Gasteiger partial charge in [0.25, 0.3) is 0 Å². The number of thioether (sulfide) groups is 1. The first kappa shape index (κ1) is 17.5. The standard InChI is InChI=1S/C19H13ClN4O2S/c20-15-9-5-4-8-14(15)16(25)12-27-19-22-21-17-18(26)23(10-11-24(17)19)13-6-2-1-3-7-13/h1-11H,12H2. The number of halogens is 1. The topological polar surface area (TPSA) is 69.3 Å². The third-order valence-corrected chi connectivity index (χ3v) is 5.25. The van der Waals surface area contributed by atoms with E-state index in [2.05, 4.69) is 10.2 Å². The summed E-state index contributed by atoms with van der Waals surface area (Å²) in [5.74, 6) is 0.0340. The Kier molecular flexibility index (Phi) is 4.79. The molecular formula is C19H13ClN4O2S. The van der Waals surface area contributed by atoms with Gasteiger partial charge >= 0.3 is 5.56 Å². The zero-order valence-electron chi connectivity index (χ0n) is 13.9. The summed E-state index contributed by atoms with van der Waals surface area (Å²) in [5, 5.41) is 8.94. The summed E-state index contributed by atoms with van der Waals surface area (Å²) < 4.78 is 3.10. The fourth-order valence-corrected chi connectivity index (χ4v) is 3.69. The molecule has 0 fully saturated rings. The van der Waals surface area contributed by atoms with Gasteiger partial charge in [0, 0.05) is 23.6 Å². The largest absolute Gasteiger partial charge is 0.300 e. The Balaban J connectivity index is 1.61. The molecule has 4 rings (SSSR count). The van der Waals surface area contributed by atoms with Crippen LogP contribution in [0.1, 0.15) is 10.4 Å². The fraction of sp³-hybridized carbons (Fsp3) is 0.0526. The second kappa shape index (κ2) is 7.38. The van der Waals surface area contributed by atoms with Crippen LogP contribution in [0.5, 0.6) is 0 Å². The molecular weight excluding hydrogens is 384 g/mol. The van der Waals surface area contributed by atoms with Crippen LogP contribution in [0.25, 0.3) is 11.3 Å². The maximum absolute atomic E-state index is 12.7. The Bertz CT molecular complexity index is 1190. The maximum atomic E-state index is 12.7. The van der Waals surface area contributed by atoms with Gasteiger partial charge in [0.05, 0.1) is 10.8 Å². The van der Waals surface area contributed by atoms with Gasteiger partial charge in [0.15, 0.2) is 10.9 Å². The molecule has 0 radical (unpaired) electrons. The highest BCUT2D eigenvalue weighted by Gasteiger charge is 2.15. The molecule has 27 heavy (non-hydrogen) atoms. The molecule has 2 heterocycles. The molecule has 0 amide bonds. The van der Waals surface area contributed by atoms with E-state index in [0.717, 1.165) is 5.69 Å². The minimum absolute atomic E-state index is 0.111. The van der Waals surface area contributed by atoms with Gasteiger partial charge in [-0.15, -0.1) is 10.2 Å². The van der Waals surface area contributed by atoms with Crippen LogP contribution < -0.4 is 5.56 Å². The third kappa shape index (κ3) is 3.39. The van der Waals surface area contributed by atoms with Crippen LogP contribution in [-0.2, 0) is 0 Å². The number of hydrogen-bond acceptors (Lipinski definition) is 5. The molecule has 134 valence electrons. The van der Waals surface area contributed by atoms with E-state index in [1.165, 1.54) is 16.3 Å². The van der Waals surface area contributed by atoms with E-state index in [1.54, 1.807) is 41.1 Å². The molecule has 0 atom stereocenters. The number of nitrogens with zero attached hydrogens (tertiary/aromatic N) is 4. The van der Waals surface area contributed by atoms with Crippen LogP contribution in [0.15, 0.2) is 76.9 Å². The Hall–Kier alpha value is -2.90. The van der Waals surface area contributed by atoms with Crippen LogP contribution in [0.2, 0.25) is 5.02 Å². The molecule has 2 aromatic carbocycles. The van der Waals surface area contributed by atoms with Gasteiger partial charge in [-0.2, -0.15) is 0 Å². The zero-order valence-corrected chi connectivity index (χ0v) is 15.5. The number of rotatable bonds is 5. The number of carbonyl (C=O) groups excluding carboxylic acids is 1. The lowest BCUT2D eigenvalue weighted by Gasteiger charge is -2.06. The van der Waals surface area contributed by atoms with Gasteiger partial charge in [0.1, 0.15) is 0 Å². The number of ketones is 1. The van der Waals surface area contributed by atoms with Gasteiger partial charge < -0.3 is 0 Å². The van der Waals surface area contributed by atoms with Crippen molar-refractivity contribution in [2.75, 3.05) is 5.75 Å². The summed E-state index contributed by atoms with van der Waals surface area (Å²) in [6.07, 6.45) is 3.38. The molecule has 0 aliphatic rings. The number of benzene rings is 2. The van der Waals surface area contributed by atoms with Crippen molar-refractivity contribution in [1.82, 2.24) is 19.2 Å². The first-order chi connectivity index (χ1) is 13.1. The third-order valence-electron chi connectivity index (χ3n) is 3.98. The minimum atomic E-state index is -0.277. The highest BCUT2D eigenvalue weighted by Crippen LogP contribution is 2.21. The van der Waals surface area contributed by atoms with Crippen molar-refractivity contribution >= 4 is 34.8 Å². The first-order valence-corrected chi connectivity index (χ1v) is 9.44. The van der Waals surface area contributed by atoms with Crippen molar-refractivity contribution in [1.29, 1.82) is 0 Å². The monoisotopic (exact) mass is 396 g/mol. The summed E-state index contributed by atoms with van der Waals surface area (Å²) in [6.45, 7) is 0. The van der Waals surface area contributed by atoms with Crippen molar-refractivity contribution in [3.63, 3.8) is 0 Å². The average molecular weight is 397 g/mol. The highest BCUT2D eigenvalue weighted by molar-refractivity contribution is 7.99. The van der Waals surface area contributed by atoms with E-state index in [4.69, 9.17) is 11.6 Å². The van der Waals surface area contributed by atoms with Crippen molar-refractivity contribution in [2.45, 2.75) is 5.16 Å². The van der Waals surface area contributed by atoms with Crippen LogP contribution >= 0.6 is 23.4 Å². The second-order valence-corrected chi connectivity index (χ2v) is 7.03. The fourth-order valence-electron chi connectivity index (χ4n) is 2.65. The number of para-hydroxylation sites is 1. The summed E-state index contributed by atoms with van der Waals surface area (Å²) in [4.78, 5) is 25.1. The molecule has 0 N–H and O–H groups in total. The Morgan fingerprint density at radius 2 is 1.74 bits per heavy atom. The summed E-state index contributed by atoms with van der Waals surface area (Å²) in [6, 6.07) is 16.2. The lowest BCUT2D eigenvalue weighted by atomic mass is 10.1. The zero-order chi connectivity index (χ0) is 18.8. The second-order valence-electron chi connectivity index (χ2n) is 5.68. The molecule has 0 bridgehead atoms. The molecule has 0 unspecified atom stereocenters. The van der Waals surface area contributed by atoms with Crippen molar-refractivity contribution in [3.8, 4) is 5.69 Å². The Labute approximate surface area is 163 Å². The van der Waals surface area contributed by atoms with Crippen molar-refractivity contribution < 1.29 is 4.79 Å². The number of Topliss-reactive ketones (excluding diaryl/α,β-unsaturated/α-hetero) is 1. The molecule has 0 aliphatic carbocycles. The lowest BCUT2D eigenvalue weighted by molar-refractivity contribution is 0.102. The number of carbonyl (C=O) groups is 1. The number of aromatic nitrogens is 4. The lowest BCUT2D eigenvalue weighted by Crippen LogP contribution is -2.20. The minimum Gasteiger partial charge on any atom is -0.293 e. The molecule has 0 aliphatic heterocycles. The maximum Gasteiger partial charge on any atom is 0.300 e. The van der Waals surface area contributed by atoms with Crippen molar-refractivity contribution in [3.05, 3.63) is 87.9 Å². The van der Waals surface area contributed by atoms with Gasteiger partial charge in [-0.3, -0.25) is 18.6 Å². The Morgan fingerprint density at radius 3 is 2.52 bits per heavy atom. The summed E-state index contributed by atoms with van der Waals surface area (Å²) in [5.41, 5.74) is 1.14. The van der Waals surface area contributed by atoms with E-state index >= 15 is 0 Å². The van der Waals surface area contributed by atoms with E-state index in [-0.39, 0.29) is 22.7 Å². The number of hydrogen-bond donors (Lipinski definition) is 0. The molecule has 0 saturated heterocycles. The van der Waals surface area contributed by atoms with Gasteiger partial charge in [-0.05, 0) is 24.3 Å². The molecule has 0 saturated carbocycles. The van der Waals surface area contributed by atoms with E-state index in [1.807, 2.05) is 30.3 Å². The predicted molar refractivity (Wildman–Crippen MR) is 105 cm³/mol. The summed E-state index contributed by atoms with van der Waals surface area (Å²) in [7, 11) is 0. The average Bonchev–Trinajstić information content (AvgIpc) is 3.11. The van der Waals surface area contributed by atoms with Crippen LogP contribution in [0, 0.1) is 0 Å². The quantitative estimate of drug-likeness (QED) is 0.381. The molecule has 2 aromatic heterocycles. The first-order valence-electron chi connectivity index (χ1n) is 8.07. The van der Waals surface area contributed by atoms with Crippen LogP contribution in [0.3, 0.4) is 0 Å². The SMILES string of the molecule is O=C(CSc1nnc2c(=O)n(-c3ccccc3)ccn12)c1ccccc1Cl. The van der Waals surface area contributed by atoms with Gasteiger partial charge in [-0.1, -0.05) is 53.7 Å². The van der Waals surface area contributed by atoms with E-state index in [0.29, 0.717) is 15.7 Å². The van der Waals surface area contributed by atoms with Crippen molar-refractivity contribution in [2.24, 2.45) is 0 Å². The summed E-state index contributed by atoms with van der Waals surface area (Å²) >= 11 is 7.28. The predicted octanol–water partition coefficient (Wildman–Crippen LogP) is 3.51.